The summed E-state index contributed by atoms with van der Waals surface area (Å²) in [4.78, 5) is 9.68. The standard InChI is InChI=1S/C22H39N7.HI/c1-17(2)18-7-9-19(10-8-18)27-12-14-28(15-13-27)22(23-3)24-16-21-26-25-20-6-4-5-11-29(20)21;/h17-19H,4-16H2,1-3H3,(H,23,24);1H. The lowest BCUT2D eigenvalue weighted by atomic mass is 9.79. The van der Waals surface area contributed by atoms with Crippen molar-refractivity contribution in [2.75, 3.05) is 33.2 Å². The average Bonchev–Trinajstić information content (AvgIpc) is 3.18. The summed E-state index contributed by atoms with van der Waals surface area (Å²) in [5, 5.41) is 12.3. The van der Waals surface area contributed by atoms with Gasteiger partial charge in [0.05, 0.1) is 6.54 Å². The monoisotopic (exact) mass is 529 g/mol. The summed E-state index contributed by atoms with van der Waals surface area (Å²) in [5.41, 5.74) is 0. The van der Waals surface area contributed by atoms with Crippen LogP contribution >= 0.6 is 24.0 Å². The molecule has 0 spiro atoms. The molecule has 1 N–H and O–H groups in total. The number of aliphatic imine (C=N–C) groups is 1. The van der Waals surface area contributed by atoms with E-state index in [9.17, 15) is 0 Å². The lowest BCUT2D eigenvalue weighted by Gasteiger charge is -2.43. The summed E-state index contributed by atoms with van der Waals surface area (Å²) in [5.74, 6) is 4.98. The zero-order valence-corrected chi connectivity index (χ0v) is 21.3. The van der Waals surface area contributed by atoms with Crippen LogP contribution in [0.5, 0.6) is 0 Å². The second kappa shape index (κ2) is 11.1. The molecule has 0 unspecified atom stereocenters. The second-order valence-corrected chi connectivity index (χ2v) is 9.38. The minimum Gasteiger partial charge on any atom is -0.349 e. The second-order valence-electron chi connectivity index (χ2n) is 9.38. The maximum Gasteiger partial charge on any atom is 0.194 e. The number of rotatable bonds is 4. The van der Waals surface area contributed by atoms with Crippen LogP contribution in [0.15, 0.2) is 4.99 Å². The van der Waals surface area contributed by atoms with Gasteiger partial charge < -0.3 is 14.8 Å². The third-order valence-corrected chi connectivity index (χ3v) is 7.37. The van der Waals surface area contributed by atoms with Crippen LogP contribution in [0.1, 0.15) is 64.0 Å². The Kier molecular flexibility index (Phi) is 8.80. The predicted octanol–water partition coefficient (Wildman–Crippen LogP) is 3.14. The molecule has 2 aliphatic heterocycles. The predicted molar refractivity (Wildman–Crippen MR) is 132 cm³/mol. The molecule has 0 atom stereocenters. The highest BCUT2D eigenvalue weighted by atomic mass is 127. The number of hydrogen-bond donors (Lipinski definition) is 1. The summed E-state index contributed by atoms with van der Waals surface area (Å²) in [6, 6.07) is 0.796. The summed E-state index contributed by atoms with van der Waals surface area (Å²) in [6.45, 7) is 10.9. The van der Waals surface area contributed by atoms with Crippen molar-refractivity contribution in [3.05, 3.63) is 11.6 Å². The number of halogens is 1. The zero-order chi connectivity index (χ0) is 20.2. The summed E-state index contributed by atoms with van der Waals surface area (Å²) in [6.07, 6.45) is 9.11. The molecule has 4 rings (SSSR count). The number of guanidine groups is 1. The van der Waals surface area contributed by atoms with Crippen molar-refractivity contribution >= 4 is 29.9 Å². The fourth-order valence-corrected chi connectivity index (χ4v) is 5.42. The van der Waals surface area contributed by atoms with E-state index in [-0.39, 0.29) is 24.0 Å². The van der Waals surface area contributed by atoms with Gasteiger partial charge in [0.1, 0.15) is 5.82 Å². The molecule has 170 valence electrons. The van der Waals surface area contributed by atoms with E-state index in [0.717, 1.165) is 74.6 Å². The Morgan fingerprint density at radius 2 is 1.77 bits per heavy atom. The highest BCUT2D eigenvalue weighted by Gasteiger charge is 2.30. The van der Waals surface area contributed by atoms with E-state index in [1.807, 2.05) is 7.05 Å². The maximum atomic E-state index is 4.55. The van der Waals surface area contributed by atoms with Crippen LogP contribution in [0.4, 0.5) is 0 Å². The Morgan fingerprint density at radius 3 is 2.43 bits per heavy atom. The van der Waals surface area contributed by atoms with Gasteiger partial charge in [-0.15, -0.1) is 34.2 Å². The van der Waals surface area contributed by atoms with Gasteiger partial charge in [0, 0.05) is 52.2 Å². The van der Waals surface area contributed by atoms with Crippen molar-refractivity contribution in [2.24, 2.45) is 16.8 Å². The topological polar surface area (TPSA) is 61.6 Å². The van der Waals surface area contributed by atoms with Crippen LogP contribution < -0.4 is 5.32 Å². The van der Waals surface area contributed by atoms with Crippen molar-refractivity contribution in [1.82, 2.24) is 29.9 Å². The molecule has 1 aliphatic carbocycles. The molecule has 0 amide bonds. The van der Waals surface area contributed by atoms with Gasteiger partial charge in [0.25, 0.3) is 0 Å². The molecule has 0 aromatic carbocycles. The van der Waals surface area contributed by atoms with Gasteiger partial charge in [-0.1, -0.05) is 13.8 Å². The van der Waals surface area contributed by atoms with Crippen LogP contribution in [0, 0.1) is 11.8 Å². The number of nitrogens with one attached hydrogen (secondary N) is 1. The summed E-state index contributed by atoms with van der Waals surface area (Å²) in [7, 11) is 1.89. The van der Waals surface area contributed by atoms with Gasteiger partial charge in [-0.3, -0.25) is 9.89 Å². The number of fused-ring (bicyclic) bond motifs is 1. The highest BCUT2D eigenvalue weighted by Crippen LogP contribution is 2.32. The van der Waals surface area contributed by atoms with Gasteiger partial charge in [0.15, 0.2) is 11.8 Å². The summed E-state index contributed by atoms with van der Waals surface area (Å²) < 4.78 is 2.29. The Balaban J connectivity index is 0.00000256. The maximum absolute atomic E-state index is 4.55. The first-order valence-electron chi connectivity index (χ1n) is 11.8. The third-order valence-electron chi connectivity index (χ3n) is 7.37. The van der Waals surface area contributed by atoms with E-state index in [0.29, 0.717) is 6.54 Å². The quantitative estimate of drug-likeness (QED) is 0.369. The minimum atomic E-state index is 0. The third kappa shape index (κ3) is 5.47. The first kappa shape index (κ1) is 23.8. The van der Waals surface area contributed by atoms with E-state index in [1.165, 1.54) is 38.5 Å². The highest BCUT2D eigenvalue weighted by molar-refractivity contribution is 14.0. The molecule has 0 radical (unpaired) electrons. The largest absolute Gasteiger partial charge is 0.349 e. The Morgan fingerprint density at radius 1 is 1.03 bits per heavy atom. The van der Waals surface area contributed by atoms with Crippen molar-refractivity contribution < 1.29 is 0 Å². The smallest absolute Gasteiger partial charge is 0.194 e. The normalized spacial score (nSPS) is 25.7. The number of hydrogen-bond acceptors (Lipinski definition) is 4. The van der Waals surface area contributed by atoms with Crippen LogP contribution in [0.25, 0.3) is 0 Å². The van der Waals surface area contributed by atoms with E-state index in [1.54, 1.807) is 0 Å². The molecular formula is C22H40IN7. The molecule has 1 aromatic heterocycles. The number of piperazine rings is 1. The van der Waals surface area contributed by atoms with E-state index in [2.05, 4.69) is 48.7 Å². The molecule has 1 saturated heterocycles. The van der Waals surface area contributed by atoms with Crippen molar-refractivity contribution in [3.8, 4) is 0 Å². The van der Waals surface area contributed by atoms with Crippen LogP contribution in [0.3, 0.4) is 0 Å². The van der Waals surface area contributed by atoms with Crippen LogP contribution in [0.2, 0.25) is 0 Å². The summed E-state index contributed by atoms with van der Waals surface area (Å²) >= 11 is 0. The van der Waals surface area contributed by atoms with Crippen LogP contribution in [-0.2, 0) is 19.5 Å². The minimum absolute atomic E-state index is 0. The Bertz CT molecular complexity index is 686. The molecule has 30 heavy (non-hydrogen) atoms. The van der Waals surface area contributed by atoms with Gasteiger partial charge in [-0.05, 0) is 50.4 Å². The van der Waals surface area contributed by atoms with Crippen molar-refractivity contribution in [3.63, 3.8) is 0 Å². The molecule has 3 aliphatic rings. The first-order chi connectivity index (χ1) is 14.2. The van der Waals surface area contributed by atoms with Crippen LogP contribution in [-0.4, -0.2) is 69.8 Å². The van der Waals surface area contributed by atoms with Gasteiger partial charge >= 0.3 is 0 Å². The van der Waals surface area contributed by atoms with E-state index >= 15 is 0 Å². The molecule has 1 aromatic rings. The SMILES string of the molecule is CN=C(NCc1nnc2n1CCCC2)N1CCN(C2CCC(C(C)C)CC2)CC1.I. The lowest BCUT2D eigenvalue weighted by Crippen LogP contribution is -2.55. The molecule has 0 bridgehead atoms. The molecule has 1 saturated carbocycles. The van der Waals surface area contributed by atoms with E-state index in [4.69, 9.17) is 0 Å². The molecule has 2 fully saturated rings. The molecule has 7 nitrogen and oxygen atoms in total. The fraction of sp³-hybridized carbons (Fsp3) is 0.864. The van der Waals surface area contributed by atoms with Gasteiger partial charge in [-0.25, -0.2) is 0 Å². The molecule has 3 heterocycles. The van der Waals surface area contributed by atoms with Crippen molar-refractivity contribution in [1.29, 1.82) is 0 Å². The zero-order valence-electron chi connectivity index (χ0n) is 19.0. The van der Waals surface area contributed by atoms with E-state index < -0.39 is 0 Å². The molecular weight excluding hydrogens is 489 g/mol. The number of nitrogens with zero attached hydrogens (tertiary/aromatic N) is 6. The number of aryl methyl sites for hydroxylation is 1. The lowest BCUT2D eigenvalue weighted by molar-refractivity contribution is 0.0864. The van der Waals surface area contributed by atoms with Crippen molar-refractivity contribution in [2.45, 2.75) is 77.9 Å². The number of aromatic nitrogens is 3. The van der Waals surface area contributed by atoms with Gasteiger partial charge in [-0.2, -0.15) is 0 Å². The fourth-order valence-electron chi connectivity index (χ4n) is 5.42. The molecule has 8 heteroatoms. The Hall–Kier alpha value is -0.900. The van der Waals surface area contributed by atoms with Gasteiger partial charge in [0.2, 0.25) is 0 Å². The Labute approximate surface area is 199 Å². The first-order valence-corrected chi connectivity index (χ1v) is 11.8. The average molecular weight is 530 g/mol.